The molecule has 3 rings (SSSR count). The Bertz CT molecular complexity index is 724. The molecule has 2 aliphatic rings. The zero-order valence-electron chi connectivity index (χ0n) is 15.8. The minimum Gasteiger partial charge on any atom is -0.379 e. The minimum atomic E-state index is -3.52. The molecular formula is C18H28N4O4S. The number of amides is 1. The Morgan fingerprint density at radius 2 is 1.81 bits per heavy atom. The topological polar surface area (TPSA) is 83.1 Å². The highest BCUT2D eigenvalue weighted by Gasteiger charge is 2.27. The van der Waals surface area contributed by atoms with E-state index in [0.717, 1.165) is 18.7 Å². The van der Waals surface area contributed by atoms with Crippen molar-refractivity contribution in [2.24, 2.45) is 0 Å². The van der Waals surface area contributed by atoms with E-state index >= 15 is 0 Å². The Labute approximate surface area is 161 Å². The van der Waals surface area contributed by atoms with Crippen molar-refractivity contribution < 1.29 is 17.9 Å². The highest BCUT2D eigenvalue weighted by Crippen LogP contribution is 2.20. The lowest BCUT2D eigenvalue weighted by Crippen LogP contribution is -2.49. The zero-order chi connectivity index (χ0) is 19.3. The smallest absolute Gasteiger partial charge is 0.244 e. The van der Waals surface area contributed by atoms with Crippen molar-refractivity contribution in [3.05, 3.63) is 18.3 Å². The number of hydrogen-bond acceptors (Lipinski definition) is 6. The van der Waals surface area contributed by atoms with E-state index in [4.69, 9.17) is 4.74 Å². The van der Waals surface area contributed by atoms with Crippen LogP contribution < -0.4 is 4.90 Å². The maximum Gasteiger partial charge on any atom is 0.244 e. The van der Waals surface area contributed by atoms with Gasteiger partial charge < -0.3 is 14.5 Å². The zero-order valence-corrected chi connectivity index (χ0v) is 16.7. The van der Waals surface area contributed by atoms with Crippen LogP contribution in [-0.4, -0.2) is 81.0 Å². The standard InChI is InChI=1S/C18H28N4O4S/c1-2-3-4-18(23)21-9-7-20(8-10-21)17-6-5-16(15-19-17)27(24,25)22-11-13-26-14-12-22/h5-6,15H,2-4,7-14H2,1H3. The summed E-state index contributed by atoms with van der Waals surface area (Å²) in [6, 6.07) is 3.37. The van der Waals surface area contributed by atoms with Gasteiger partial charge in [-0.25, -0.2) is 13.4 Å². The normalized spacial score (nSPS) is 19.3. The molecule has 1 amide bonds. The summed E-state index contributed by atoms with van der Waals surface area (Å²) in [7, 11) is -3.52. The van der Waals surface area contributed by atoms with E-state index in [1.807, 2.05) is 4.90 Å². The quantitative estimate of drug-likeness (QED) is 0.712. The number of unbranched alkanes of at least 4 members (excludes halogenated alkanes) is 1. The number of piperazine rings is 1. The van der Waals surface area contributed by atoms with Gasteiger partial charge >= 0.3 is 0 Å². The van der Waals surface area contributed by atoms with Crippen molar-refractivity contribution >= 4 is 21.7 Å². The molecule has 0 aliphatic carbocycles. The second kappa shape index (κ2) is 8.99. The van der Waals surface area contributed by atoms with E-state index < -0.39 is 10.0 Å². The number of sulfonamides is 1. The summed E-state index contributed by atoms with van der Waals surface area (Å²) in [5, 5.41) is 0. The van der Waals surface area contributed by atoms with Crippen molar-refractivity contribution in [1.82, 2.24) is 14.2 Å². The summed E-state index contributed by atoms with van der Waals surface area (Å²) in [6.45, 7) is 6.45. The van der Waals surface area contributed by atoms with Gasteiger partial charge in [0.1, 0.15) is 10.7 Å². The Morgan fingerprint density at radius 3 is 2.41 bits per heavy atom. The number of carbonyl (C=O) groups excluding carboxylic acids is 1. The summed E-state index contributed by atoms with van der Waals surface area (Å²) in [5.74, 6) is 0.966. The molecule has 2 saturated heterocycles. The van der Waals surface area contributed by atoms with E-state index in [0.29, 0.717) is 58.9 Å². The maximum absolute atomic E-state index is 12.7. The highest BCUT2D eigenvalue weighted by atomic mass is 32.2. The number of carbonyl (C=O) groups is 1. The van der Waals surface area contributed by atoms with Gasteiger partial charge in [0.2, 0.25) is 15.9 Å². The van der Waals surface area contributed by atoms with Crippen LogP contribution in [0.2, 0.25) is 0 Å². The van der Waals surface area contributed by atoms with E-state index in [9.17, 15) is 13.2 Å². The second-order valence-corrected chi connectivity index (χ2v) is 8.78. The molecule has 0 saturated carbocycles. The van der Waals surface area contributed by atoms with Gasteiger partial charge in [-0.3, -0.25) is 4.79 Å². The summed E-state index contributed by atoms with van der Waals surface area (Å²) >= 11 is 0. The van der Waals surface area contributed by atoms with Crippen LogP contribution in [0.1, 0.15) is 26.2 Å². The first-order valence-electron chi connectivity index (χ1n) is 9.59. The molecule has 1 aromatic rings. The lowest BCUT2D eigenvalue weighted by molar-refractivity contribution is -0.131. The molecule has 0 spiro atoms. The average Bonchev–Trinajstić information content (AvgIpc) is 2.73. The van der Waals surface area contributed by atoms with Gasteiger partial charge in [-0.2, -0.15) is 4.31 Å². The number of nitrogens with zero attached hydrogens (tertiary/aromatic N) is 4. The first kappa shape index (κ1) is 20.0. The van der Waals surface area contributed by atoms with Crippen LogP contribution in [0, 0.1) is 0 Å². The Balaban J connectivity index is 1.59. The van der Waals surface area contributed by atoms with Crippen LogP contribution >= 0.6 is 0 Å². The highest BCUT2D eigenvalue weighted by molar-refractivity contribution is 7.89. The molecule has 0 bridgehead atoms. The molecule has 9 heteroatoms. The van der Waals surface area contributed by atoms with Crippen LogP contribution in [0.15, 0.2) is 23.2 Å². The molecule has 3 heterocycles. The van der Waals surface area contributed by atoms with E-state index in [2.05, 4.69) is 16.8 Å². The van der Waals surface area contributed by atoms with Crippen LogP contribution in [0.3, 0.4) is 0 Å². The first-order chi connectivity index (χ1) is 13.0. The summed E-state index contributed by atoms with van der Waals surface area (Å²) in [5.41, 5.74) is 0. The number of morpholine rings is 1. The van der Waals surface area contributed by atoms with Gasteiger partial charge in [0, 0.05) is 51.9 Å². The molecule has 2 fully saturated rings. The monoisotopic (exact) mass is 396 g/mol. The van der Waals surface area contributed by atoms with Crippen LogP contribution in [0.4, 0.5) is 5.82 Å². The molecule has 27 heavy (non-hydrogen) atoms. The molecule has 0 unspecified atom stereocenters. The summed E-state index contributed by atoms with van der Waals surface area (Å²) in [6.07, 6.45) is 4.00. The van der Waals surface area contributed by atoms with Gasteiger partial charge in [-0.05, 0) is 18.6 Å². The molecule has 2 aliphatic heterocycles. The third kappa shape index (κ3) is 4.77. The fourth-order valence-electron chi connectivity index (χ4n) is 3.32. The van der Waals surface area contributed by atoms with Crippen molar-refractivity contribution in [3.63, 3.8) is 0 Å². The third-order valence-electron chi connectivity index (χ3n) is 5.03. The number of anilines is 1. The lowest BCUT2D eigenvalue weighted by Gasteiger charge is -2.35. The summed E-state index contributed by atoms with van der Waals surface area (Å²) in [4.78, 5) is 20.7. The van der Waals surface area contributed by atoms with Crippen molar-refractivity contribution in [1.29, 1.82) is 0 Å². The molecule has 1 aromatic heterocycles. The number of aromatic nitrogens is 1. The Morgan fingerprint density at radius 1 is 1.11 bits per heavy atom. The minimum absolute atomic E-state index is 0.210. The van der Waals surface area contributed by atoms with Gasteiger partial charge in [0.05, 0.1) is 13.2 Å². The third-order valence-corrected chi connectivity index (χ3v) is 6.91. The molecule has 150 valence electrons. The average molecular weight is 397 g/mol. The fourth-order valence-corrected chi connectivity index (χ4v) is 4.67. The fraction of sp³-hybridized carbons (Fsp3) is 0.667. The number of pyridine rings is 1. The number of ether oxygens (including phenoxy) is 1. The van der Waals surface area contributed by atoms with Gasteiger partial charge in [-0.15, -0.1) is 0 Å². The number of hydrogen-bond donors (Lipinski definition) is 0. The van der Waals surface area contributed by atoms with E-state index in [1.165, 1.54) is 10.5 Å². The molecular weight excluding hydrogens is 368 g/mol. The first-order valence-corrected chi connectivity index (χ1v) is 11.0. The Kier molecular flexibility index (Phi) is 6.67. The predicted molar refractivity (Wildman–Crippen MR) is 102 cm³/mol. The van der Waals surface area contributed by atoms with Crippen LogP contribution in [-0.2, 0) is 19.6 Å². The lowest BCUT2D eigenvalue weighted by atomic mass is 10.2. The van der Waals surface area contributed by atoms with Crippen molar-refractivity contribution in [2.45, 2.75) is 31.1 Å². The number of rotatable bonds is 6. The molecule has 0 atom stereocenters. The summed E-state index contributed by atoms with van der Waals surface area (Å²) < 4.78 is 32.0. The molecule has 0 radical (unpaired) electrons. The molecule has 8 nitrogen and oxygen atoms in total. The Hall–Kier alpha value is -1.71. The van der Waals surface area contributed by atoms with E-state index in [1.54, 1.807) is 12.1 Å². The predicted octanol–water partition coefficient (Wildman–Crippen LogP) is 0.941. The van der Waals surface area contributed by atoms with Crippen LogP contribution in [0.25, 0.3) is 0 Å². The maximum atomic E-state index is 12.7. The van der Waals surface area contributed by atoms with Crippen molar-refractivity contribution in [2.75, 3.05) is 57.4 Å². The molecule has 0 aromatic carbocycles. The van der Waals surface area contributed by atoms with Gasteiger partial charge in [0.15, 0.2) is 0 Å². The van der Waals surface area contributed by atoms with E-state index in [-0.39, 0.29) is 10.8 Å². The largest absolute Gasteiger partial charge is 0.379 e. The van der Waals surface area contributed by atoms with Crippen molar-refractivity contribution in [3.8, 4) is 0 Å². The molecule has 0 N–H and O–H groups in total. The van der Waals surface area contributed by atoms with Crippen LogP contribution in [0.5, 0.6) is 0 Å². The van der Waals surface area contributed by atoms with Gasteiger partial charge in [0.25, 0.3) is 0 Å². The second-order valence-electron chi connectivity index (χ2n) is 6.84. The SMILES string of the molecule is CCCCC(=O)N1CCN(c2ccc(S(=O)(=O)N3CCOCC3)cn2)CC1. The van der Waals surface area contributed by atoms with Gasteiger partial charge in [-0.1, -0.05) is 13.3 Å².